The number of carbonyl (C=O) groups is 2. The Balaban J connectivity index is 1.97. The molecule has 0 aromatic carbocycles. The molecule has 0 radical (unpaired) electrons. The van der Waals surface area contributed by atoms with Crippen LogP contribution in [0.2, 0.25) is 0 Å². The van der Waals surface area contributed by atoms with Gasteiger partial charge in [0, 0.05) is 50.5 Å². The van der Waals surface area contributed by atoms with Gasteiger partial charge in [-0.3, -0.25) is 19.6 Å². The van der Waals surface area contributed by atoms with Gasteiger partial charge in [0.2, 0.25) is 0 Å². The maximum Gasteiger partial charge on any atom is 0.141 e. The van der Waals surface area contributed by atoms with Crippen LogP contribution in [0.3, 0.4) is 0 Å². The second kappa shape index (κ2) is 5.33. The van der Waals surface area contributed by atoms with E-state index in [1.165, 1.54) is 0 Å². The summed E-state index contributed by atoms with van der Waals surface area (Å²) in [5.41, 5.74) is 3.46. The van der Waals surface area contributed by atoms with Crippen LogP contribution < -0.4 is 0 Å². The highest BCUT2D eigenvalue weighted by Crippen LogP contribution is 2.12. The fourth-order valence-corrected chi connectivity index (χ4v) is 2.51. The van der Waals surface area contributed by atoms with Crippen LogP contribution >= 0.6 is 0 Å². The smallest absolute Gasteiger partial charge is 0.141 e. The fourth-order valence-electron chi connectivity index (χ4n) is 2.51. The molecule has 1 aliphatic rings. The molecule has 0 N–H and O–H groups in total. The lowest BCUT2D eigenvalue weighted by Crippen LogP contribution is -2.12. The summed E-state index contributed by atoms with van der Waals surface area (Å²) in [6, 6.07) is 3.80. The lowest BCUT2D eigenvalue weighted by atomic mass is 9.98. The molecular weight excluding hydrogens is 252 g/mol. The molecule has 4 bridgehead atoms. The van der Waals surface area contributed by atoms with Crippen molar-refractivity contribution in [1.29, 1.82) is 0 Å². The van der Waals surface area contributed by atoms with Crippen molar-refractivity contribution in [2.75, 3.05) is 0 Å². The predicted molar refractivity (Wildman–Crippen MR) is 73.3 cm³/mol. The minimum Gasteiger partial charge on any atom is -0.299 e. The average Bonchev–Trinajstić information content (AvgIpc) is 2.38. The van der Waals surface area contributed by atoms with E-state index in [1.54, 1.807) is 24.8 Å². The summed E-state index contributed by atoms with van der Waals surface area (Å²) in [5.74, 6) is 0.268. The van der Waals surface area contributed by atoms with Crippen LogP contribution in [0.1, 0.15) is 22.3 Å². The lowest BCUT2D eigenvalue weighted by molar-refractivity contribution is -0.118. The molecule has 0 spiro atoms. The molecular formula is C16H14N2O2. The van der Waals surface area contributed by atoms with Crippen LogP contribution in [0.15, 0.2) is 36.9 Å². The monoisotopic (exact) mass is 266 g/mol. The number of hydrogen-bond donors (Lipinski definition) is 0. The van der Waals surface area contributed by atoms with Gasteiger partial charge in [-0.05, 0) is 22.3 Å². The van der Waals surface area contributed by atoms with Gasteiger partial charge >= 0.3 is 0 Å². The molecule has 4 nitrogen and oxygen atoms in total. The molecule has 2 heterocycles. The molecule has 0 fully saturated rings. The molecule has 0 unspecified atom stereocenters. The third-order valence-electron chi connectivity index (χ3n) is 3.31. The van der Waals surface area contributed by atoms with Gasteiger partial charge < -0.3 is 0 Å². The number of fused-ring (bicyclic) bond motifs is 4. The second-order valence-corrected chi connectivity index (χ2v) is 5.19. The average molecular weight is 266 g/mol. The molecule has 3 rings (SSSR count). The Bertz CT molecular complexity index is 574. The van der Waals surface area contributed by atoms with Crippen LogP contribution in [0.5, 0.6) is 0 Å². The third kappa shape index (κ3) is 2.96. The van der Waals surface area contributed by atoms with E-state index in [-0.39, 0.29) is 11.6 Å². The van der Waals surface area contributed by atoms with E-state index in [0.29, 0.717) is 25.7 Å². The van der Waals surface area contributed by atoms with E-state index < -0.39 is 0 Å². The van der Waals surface area contributed by atoms with Crippen molar-refractivity contribution in [3.63, 3.8) is 0 Å². The summed E-state index contributed by atoms with van der Waals surface area (Å²) < 4.78 is 0. The molecule has 0 saturated carbocycles. The van der Waals surface area contributed by atoms with Gasteiger partial charge in [0.25, 0.3) is 0 Å². The van der Waals surface area contributed by atoms with Crippen molar-refractivity contribution in [1.82, 2.24) is 9.97 Å². The molecule has 2 aromatic rings. The summed E-state index contributed by atoms with van der Waals surface area (Å²) in [6.45, 7) is 0. The first-order chi connectivity index (χ1) is 9.69. The van der Waals surface area contributed by atoms with E-state index in [4.69, 9.17) is 0 Å². The quantitative estimate of drug-likeness (QED) is 0.725. The fraction of sp³-hybridized carbons (Fsp3) is 0.250. The third-order valence-corrected chi connectivity index (χ3v) is 3.31. The van der Waals surface area contributed by atoms with Gasteiger partial charge in [-0.2, -0.15) is 0 Å². The normalized spacial score (nSPS) is 15.4. The van der Waals surface area contributed by atoms with E-state index in [2.05, 4.69) is 9.97 Å². The van der Waals surface area contributed by atoms with Gasteiger partial charge in [0.15, 0.2) is 0 Å². The maximum atomic E-state index is 12.1. The number of rotatable bonds is 0. The molecule has 1 aliphatic carbocycles. The highest BCUT2D eigenvalue weighted by atomic mass is 16.1. The molecule has 4 heteroatoms. The summed E-state index contributed by atoms with van der Waals surface area (Å²) in [7, 11) is 0. The summed E-state index contributed by atoms with van der Waals surface area (Å²) >= 11 is 0. The van der Waals surface area contributed by atoms with Crippen molar-refractivity contribution >= 4 is 11.6 Å². The predicted octanol–water partition coefficient (Wildman–Crippen LogP) is 1.50. The number of Topliss-reactive ketones (excluding diaryl/α,β-unsaturated/α-hetero) is 2. The zero-order valence-electron chi connectivity index (χ0n) is 11.0. The van der Waals surface area contributed by atoms with Gasteiger partial charge in [-0.25, -0.2) is 0 Å². The van der Waals surface area contributed by atoms with Crippen molar-refractivity contribution in [2.45, 2.75) is 25.7 Å². The van der Waals surface area contributed by atoms with Crippen LogP contribution in [0, 0.1) is 0 Å². The zero-order valence-corrected chi connectivity index (χ0v) is 11.0. The second-order valence-electron chi connectivity index (χ2n) is 5.19. The summed E-state index contributed by atoms with van der Waals surface area (Å²) in [6.07, 6.45) is 8.13. The Morgan fingerprint density at radius 3 is 1.20 bits per heavy atom. The lowest BCUT2D eigenvalue weighted by Gasteiger charge is -2.08. The van der Waals surface area contributed by atoms with E-state index in [0.717, 1.165) is 22.3 Å². The van der Waals surface area contributed by atoms with Crippen molar-refractivity contribution in [3.05, 3.63) is 59.2 Å². The number of hydrogen-bond acceptors (Lipinski definition) is 4. The minimum atomic E-state index is 0.134. The van der Waals surface area contributed by atoms with E-state index in [1.807, 2.05) is 12.1 Å². The van der Waals surface area contributed by atoms with Gasteiger partial charge in [-0.1, -0.05) is 12.1 Å². The molecule has 100 valence electrons. The van der Waals surface area contributed by atoms with Crippen molar-refractivity contribution in [3.8, 4) is 0 Å². The highest BCUT2D eigenvalue weighted by molar-refractivity contribution is 5.85. The summed E-state index contributed by atoms with van der Waals surface area (Å²) in [4.78, 5) is 32.3. The number of nitrogens with zero attached hydrogens (tertiary/aromatic N) is 2. The molecule has 20 heavy (non-hydrogen) atoms. The van der Waals surface area contributed by atoms with E-state index >= 15 is 0 Å². The topological polar surface area (TPSA) is 59.9 Å². The molecule has 0 aliphatic heterocycles. The molecule has 0 amide bonds. The number of aromatic nitrogens is 2. The number of ketones is 2. The number of pyridine rings is 2. The van der Waals surface area contributed by atoms with Crippen LogP contribution in [-0.2, 0) is 35.3 Å². The van der Waals surface area contributed by atoms with E-state index in [9.17, 15) is 9.59 Å². The van der Waals surface area contributed by atoms with Crippen LogP contribution in [0.25, 0.3) is 0 Å². The molecule has 0 saturated heterocycles. The van der Waals surface area contributed by atoms with Crippen LogP contribution in [0.4, 0.5) is 0 Å². The Hall–Kier alpha value is -2.36. The Morgan fingerprint density at radius 2 is 0.900 bits per heavy atom. The minimum absolute atomic E-state index is 0.134. The first-order valence-corrected chi connectivity index (χ1v) is 6.58. The SMILES string of the molecule is O=C1Cc2cncc(c2)CC(=O)Cc2cncc(c2)C1. The Kier molecular flexibility index (Phi) is 3.37. The van der Waals surface area contributed by atoms with Crippen LogP contribution in [-0.4, -0.2) is 21.5 Å². The zero-order chi connectivity index (χ0) is 13.9. The maximum absolute atomic E-state index is 12.1. The Labute approximate surface area is 116 Å². The first kappa shape index (κ1) is 12.7. The molecule has 2 aromatic heterocycles. The Morgan fingerprint density at radius 1 is 0.600 bits per heavy atom. The van der Waals surface area contributed by atoms with Gasteiger partial charge in [0.05, 0.1) is 0 Å². The van der Waals surface area contributed by atoms with Crippen molar-refractivity contribution < 1.29 is 9.59 Å². The van der Waals surface area contributed by atoms with Crippen molar-refractivity contribution in [2.24, 2.45) is 0 Å². The largest absolute Gasteiger partial charge is 0.299 e. The van der Waals surface area contributed by atoms with Gasteiger partial charge in [0.1, 0.15) is 11.6 Å². The first-order valence-electron chi connectivity index (χ1n) is 6.58. The van der Waals surface area contributed by atoms with Gasteiger partial charge in [-0.15, -0.1) is 0 Å². The summed E-state index contributed by atoms with van der Waals surface area (Å²) in [5, 5.41) is 0. The standard InChI is InChI=1S/C16H14N2O2/c19-15-3-11-1-12(8-17-7-11)4-16(20)6-14-2-13(5-15)9-18-10-14/h1-2,7-10H,3-6H2. The molecule has 0 atom stereocenters. The number of carbonyl (C=O) groups excluding carboxylic acids is 2. The highest BCUT2D eigenvalue weighted by Gasteiger charge is 2.12.